The van der Waals surface area contributed by atoms with Crippen LogP contribution >= 0.6 is 11.3 Å². The normalized spacial score (nSPS) is 8.67. The van der Waals surface area contributed by atoms with Gasteiger partial charge < -0.3 is 5.73 Å². The van der Waals surface area contributed by atoms with Crippen LogP contribution in [0.25, 0.3) is 0 Å². The first-order valence-corrected chi connectivity index (χ1v) is 2.34. The third kappa shape index (κ3) is 0.490. The van der Waals surface area contributed by atoms with Crippen LogP contribution in [-0.2, 0) is 0 Å². The lowest BCUT2D eigenvalue weighted by Crippen LogP contribution is -1.79. The summed E-state index contributed by atoms with van der Waals surface area (Å²) in [7, 11) is 0. The summed E-state index contributed by atoms with van der Waals surface area (Å²) in [5, 5.41) is 2.71. The summed E-state index contributed by atoms with van der Waals surface area (Å²) < 4.78 is 0. The Bertz CT molecular complexity index is 112. The summed E-state index contributed by atoms with van der Waals surface area (Å²) in [6.07, 6.45) is 0. The van der Waals surface area contributed by atoms with Crippen molar-refractivity contribution in [1.82, 2.24) is 4.98 Å². The molecule has 0 saturated heterocycles. The molecule has 1 radical (unpaired) electrons. The molecule has 0 unspecified atom stereocenters. The number of hydrogen-bond acceptors (Lipinski definition) is 3. The zero-order valence-electron chi connectivity index (χ0n) is 3.01. The van der Waals surface area contributed by atoms with E-state index in [2.05, 4.69) is 10.4 Å². The number of nitrogen functional groups attached to an aromatic ring is 1. The van der Waals surface area contributed by atoms with Crippen molar-refractivity contribution >= 4 is 17.2 Å². The van der Waals surface area contributed by atoms with Gasteiger partial charge in [-0.3, -0.25) is 0 Å². The molecule has 0 atom stereocenters. The number of nitrogens with two attached hydrogens (primary N) is 1. The van der Waals surface area contributed by atoms with Crippen LogP contribution in [0.2, 0.25) is 0 Å². The van der Waals surface area contributed by atoms with Crippen molar-refractivity contribution in [2.24, 2.45) is 0 Å². The van der Waals surface area contributed by atoms with Crippen LogP contribution < -0.4 is 5.73 Å². The van der Waals surface area contributed by atoms with Crippen LogP contribution in [0.1, 0.15) is 0 Å². The summed E-state index contributed by atoms with van der Waals surface area (Å²) in [5.74, 6) is 0.486. The number of rotatable bonds is 0. The van der Waals surface area contributed by atoms with Crippen molar-refractivity contribution < 1.29 is 0 Å². The standard InChI is InChI=1S/C3H3N2S/c4-3-1-6-2-5-3/h2H,4H2. The SMILES string of the molecule is Nc1[c]scn1. The predicted molar refractivity (Wildman–Crippen MR) is 25.4 cm³/mol. The molecule has 6 heavy (non-hydrogen) atoms. The molecular formula is C3H3N2S. The molecule has 1 aromatic rings. The Labute approximate surface area is 39.6 Å². The second-order valence-electron chi connectivity index (χ2n) is 0.840. The molecule has 1 aromatic heterocycles. The Hall–Kier alpha value is -0.570. The number of thiazole rings is 1. The van der Waals surface area contributed by atoms with Crippen LogP contribution in [0.3, 0.4) is 0 Å². The second-order valence-corrected chi connectivity index (χ2v) is 1.49. The first-order valence-electron chi connectivity index (χ1n) is 1.46. The van der Waals surface area contributed by atoms with Gasteiger partial charge in [0.25, 0.3) is 0 Å². The smallest absolute Gasteiger partial charge is 0.143 e. The van der Waals surface area contributed by atoms with Crippen molar-refractivity contribution in [2.45, 2.75) is 0 Å². The molecule has 1 rings (SSSR count). The highest BCUT2D eigenvalue weighted by atomic mass is 32.1. The van der Waals surface area contributed by atoms with E-state index in [-0.39, 0.29) is 0 Å². The maximum atomic E-state index is 5.12. The molecule has 0 fully saturated rings. The Morgan fingerprint density at radius 3 is 3.00 bits per heavy atom. The van der Waals surface area contributed by atoms with Gasteiger partial charge in [-0.1, -0.05) is 0 Å². The molecule has 0 aromatic carbocycles. The van der Waals surface area contributed by atoms with Gasteiger partial charge in [0.15, 0.2) is 0 Å². The quantitative estimate of drug-likeness (QED) is 0.515. The molecule has 0 aliphatic heterocycles. The van der Waals surface area contributed by atoms with Crippen molar-refractivity contribution in [3.63, 3.8) is 0 Å². The summed E-state index contributed by atoms with van der Waals surface area (Å²) in [5.41, 5.74) is 6.77. The Balaban J connectivity index is 3.05. The largest absolute Gasteiger partial charge is 0.382 e. The minimum absolute atomic E-state index is 0.486. The van der Waals surface area contributed by atoms with Crippen molar-refractivity contribution in [3.8, 4) is 0 Å². The monoisotopic (exact) mass is 99.0 g/mol. The van der Waals surface area contributed by atoms with E-state index in [1.54, 1.807) is 5.51 Å². The predicted octanol–water partition coefficient (Wildman–Crippen LogP) is 0.525. The molecule has 0 amide bonds. The van der Waals surface area contributed by atoms with Gasteiger partial charge in [-0.05, 0) is 0 Å². The lowest BCUT2D eigenvalue weighted by atomic mass is 10.9. The molecule has 0 spiro atoms. The van der Waals surface area contributed by atoms with Crippen LogP contribution in [0.15, 0.2) is 5.51 Å². The Kier molecular flexibility index (Phi) is 0.759. The van der Waals surface area contributed by atoms with Crippen LogP contribution in [0.5, 0.6) is 0 Å². The number of anilines is 1. The fourth-order valence-corrected chi connectivity index (χ4v) is 0.589. The molecule has 31 valence electrons. The molecule has 0 saturated carbocycles. The Morgan fingerprint density at radius 1 is 2.00 bits per heavy atom. The van der Waals surface area contributed by atoms with Gasteiger partial charge in [0.05, 0.1) is 10.9 Å². The topological polar surface area (TPSA) is 38.9 Å². The van der Waals surface area contributed by atoms with Gasteiger partial charge in [-0.15, -0.1) is 11.3 Å². The zero-order chi connectivity index (χ0) is 4.41. The summed E-state index contributed by atoms with van der Waals surface area (Å²) in [6.45, 7) is 0. The van der Waals surface area contributed by atoms with Gasteiger partial charge in [0.2, 0.25) is 0 Å². The summed E-state index contributed by atoms with van der Waals surface area (Å²) in [4.78, 5) is 3.66. The van der Waals surface area contributed by atoms with Crippen molar-refractivity contribution in [1.29, 1.82) is 0 Å². The van der Waals surface area contributed by atoms with Gasteiger partial charge in [0, 0.05) is 0 Å². The van der Waals surface area contributed by atoms with E-state index in [9.17, 15) is 0 Å². The van der Waals surface area contributed by atoms with Crippen LogP contribution in [-0.4, -0.2) is 4.98 Å². The van der Waals surface area contributed by atoms with Gasteiger partial charge in [0.1, 0.15) is 5.82 Å². The lowest BCUT2D eigenvalue weighted by molar-refractivity contribution is 1.42. The van der Waals surface area contributed by atoms with Gasteiger partial charge >= 0.3 is 0 Å². The molecule has 2 nitrogen and oxygen atoms in total. The molecule has 0 aliphatic carbocycles. The van der Waals surface area contributed by atoms with E-state index in [1.807, 2.05) is 0 Å². The fourth-order valence-electron chi connectivity index (χ4n) is 0.196. The minimum atomic E-state index is 0.486. The molecule has 0 aliphatic rings. The van der Waals surface area contributed by atoms with E-state index < -0.39 is 0 Å². The van der Waals surface area contributed by atoms with Gasteiger partial charge in [-0.2, -0.15) is 0 Å². The third-order valence-electron chi connectivity index (χ3n) is 0.408. The maximum Gasteiger partial charge on any atom is 0.143 e. The van der Waals surface area contributed by atoms with E-state index in [0.717, 1.165) is 0 Å². The highest BCUT2D eigenvalue weighted by Crippen LogP contribution is 1.97. The fraction of sp³-hybridized carbons (Fsp3) is 0. The van der Waals surface area contributed by atoms with Gasteiger partial charge in [-0.25, -0.2) is 4.98 Å². The van der Waals surface area contributed by atoms with E-state index in [0.29, 0.717) is 5.82 Å². The Morgan fingerprint density at radius 2 is 2.83 bits per heavy atom. The van der Waals surface area contributed by atoms with E-state index in [4.69, 9.17) is 5.73 Å². The molecular weight excluding hydrogens is 96.1 g/mol. The molecule has 2 N–H and O–H groups in total. The minimum Gasteiger partial charge on any atom is -0.382 e. The van der Waals surface area contributed by atoms with Crippen molar-refractivity contribution in [2.75, 3.05) is 5.73 Å². The van der Waals surface area contributed by atoms with E-state index >= 15 is 0 Å². The highest BCUT2D eigenvalue weighted by molar-refractivity contribution is 7.07. The maximum absolute atomic E-state index is 5.12. The highest BCUT2D eigenvalue weighted by Gasteiger charge is 1.78. The third-order valence-corrected chi connectivity index (χ3v) is 0.946. The average molecular weight is 99.1 g/mol. The lowest BCUT2D eigenvalue weighted by Gasteiger charge is -1.66. The summed E-state index contributed by atoms with van der Waals surface area (Å²) in [6, 6.07) is 0. The number of hydrogen-bond donors (Lipinski definition) is 1. The van der Waals surface area contributed by atoms with Crippen molar-refractivity contribution in [3.05, 3.63) is 10.9 Å². The first-order chi connectivity index (χ1) is 2.89. The average Bonchev–Trinajstić information content (AvgIpc) is 1.86. The molecule has 1 heterocycles. The molecule has 0 bridgehead atoms. The summed E-state index contributed by atoms with van der Waals surface area (Å²) >= 11 is 1.38. The van der Waals surface area contributed by atoms with Crippen LogP contribution in [0, 0.1) is 5.38 Å². The van der Waals surface area contributed by atoms with Crippen LogP contribution in [0.4, 0.5) is 5.82 Å². The molecule has 3 heteroatoms. The first kappa shape index (κ1) is 3.61. The second kappa shape index (κ2) is 1.26. The van der Waals surface area contributed by atoms with E-state index in [1.165, 1.54) is 11.3 Å². The number of aromatic nitrogens is 1. The zero-order valence-corrected chi connectivity index (χ0v) is 3.83. The number of nitrogens with zero attached hydrogens (tertiary/aromatic N) is 1.